The molecule has 2 rings (SSSR count). The molecule has 0 spiro atoms. The van der Waals surface area contributed by atoms with Gasteiger partial charge in [-0.3, -0.25) is 4.99 Å². The average Bonchev–Trinajstić information content (AvgIpc) is 3.14. The molecule has 7 heteroatoms. The van der Waals surface area contributed by atoms with E-state index in [1.54, 1.807) is 7.05 Å². The highest BCUT2D eigenvalue weighted by molar-refractivity contribution is 14.0. The van der Waals surface area contributed by atoms with Crippen molar-refractivity contribution in [1.82, 2.24) is 10.6 Å². The van der Waals surface area contributed by atoms with Gasteiger partial charge < -0.3 is 24.8 Å². The minimum Gasteiger partial charge on any atom is -0.491 e. The molecule has 2 N–H and O–H groups in total. The van der Waals surface area contributed by atoms with Crippen LogP contribution in [0.25, 0.3) is 0 Å². The maximum atomic E-state index is 5.71. The van der Waals surface area contributed by atoms with E-state index in [9.17, 15) is 0 Å². The summed E-state index contributed by atoms with van der Waals surface area (Å²) in [5, 5.41) is 6.64. The van der Waals surface area contributed by atoms with Gasteiger partial charge in [0, 0.05) is 39.3 Å². The highest BCUT2D eigenvalue weighted by atomic mass is 127. The van der Waals surface area contributed by atoms with Crippen LogP contribution in [-0.2, 0) is 16.0 Å². The lowest BCUT2D eigenvalue weighted by atomic mass is 10.1. The third kappa shape index (κ3) is 10.2. The minimum atomic E-state index is 0. The fourth-order valence-electron chi connectivity index (χ4n) is 2.71. The van der Waals surface area contributed by atoms with Crippen LogP contribution < -0.4 is 15.4 Å². The number of hydrogen-bond donors (Lipinski definition) is 2. The molecule has 0 bridgehead atoms. The third-order valence-corrected chi connectivity index (χ3v) is 4.11. The Morgan fingerprint density at radius 2 is 2.04 bits per heavy atom. The molecular weight excluding hydrogens is 457 g/mol. The number of aliphatic imine (C=N–C) groups is 1. The second-order valence-corrected chi connectivity index (χ2v) is 6.82. The van der Waals surface area contributed by atoms with Gasteiger partial charge in [-0.2, -0.15) is 0 Å². The van der Waals surface area contributed by atoms with E-state index < -0.39 is 0 Å². The fourth-order valence-corrected chi connectivity index (χ4v) is 2.71. The summed E-state index contributed by atoms with van der Waals surface area (Å²) < 4.78 is 16.7. The van der Waals surface area contributed by atoms with Crippen molar-refractivity contribution in [2.24, 2.45) is 10.9 Å². The topological polar surface area (TPSA) is 64.1 Å². The van der Waals surface area contributed by atoms with Crippen LogP contribution in [0.4, 0.5) is 0 Å². The van der Waals surface area contributed by atoms with Gasteiger partial charge in [-0.05, 0) is 44.4 Å². The number of rotatable bonds is 10. The largest absolute Gasteiger partial charge is 0.491 e. The van der Waals surface area contributed by atoms with E-state index in [2.05, 4.69) is 27.8 Å². The number of ether oxygens (including phenoxy) is 3. The minimum absolute atomic E-state index is 0. The molecule has 1 aromatic carbocycles. The van der Waals surface area contributed by atoms with E-state index in [-0.39, 0.29) is 30.1 Å². The summed E-state index contributed by atoms with van der Waals surface area (Å²) in [6.07, 6.45) is 2.27. The highest BCUT2D eigenvalue weighted by Gasteiger charge is 2.15. The lowest BCUT2D eigenvalue weighted by Gasteiger charge is -2.13. The van der Waals surface area contributed by atoms with Crippen LogP contribution in [0.15, 0.2) is 29.3 Å². The number of guanidine groups is 1. The lowest BCUT2D eigenvalue weighted by molar-refractivity contribution is 0.0888. The Bertz CT molecular complexity index is 532. The van der Waals surface area contributed by atoms with Crippen molar-refractivity contribution >= 4 is 29.9 Å². The van der Waals surface area contributed by atoms with Gasteiger partial charge in [-0.1, -0.05) is 12.1 Å². The first-order valence-corrected chi connectivity index (χ1v) is 9.53. The molecule has 0 saturated carbocycles. The number of benzene rings is 1. The van der Waals surface area contributed by atoms with E-state index in [0.29, 0.717) is 5.92 Å². The second kappa shape index (κ2) is 14.0. The molecule has 27 heavy (non-hydrogen) atoms. The van der Waals surface area contributed by atoms with E-state index in [1.807, 2.05) is 26.0 Å². The summed E-state index contributed by atoms with van der Waals surface area (Å²) >= 11 is 0. The van der Waals surface area contributed by atoms with Gasteiger partial charge in [0.05, 0.1) is 19.3 Å². The van der Waals surface area contributed by atoms with Crippen LogP contribution in [-0.4, -0.2) is 52.1 Å². The van der Waals surface area contributed by atoms with Crippen LogP contribution in [0.5, 0.6) is 5.75 Å². The van der Waals surface area contributed by atoms with Crippen molar-refractivity contribution in [3.63, 3.8) is 0 Å². The number of halogens is 1. The second-order valence-electron chi connectivity index (χ2n) is 6.82. The maximum absolute atomic E-state index is 5.71. The highest BCUT2D eigenvalue weighted by Crippen LogP contribution is 2.14. The molecule has 1 heterocycles. The number of hydrogen-bond acceptors (Lipinski definition) is 4. The summed E-state index contributed by atoms with van der Waals surface area (Å²) in [5.41, 5.74) is 1.19. The fraction of sp³-hybridized carbons (Fsp3) is 0.650. The van der Waals surface area contributed by atoms with Crippen molar-refractivity contribution < 1.29 is 14.2 Å². The van der Waals surface area contributed by atoms with Crippen LogP contribution >= 0.6 is 24.0 Å². The normalized spacial score (nSPS) is 16.9. The standard InChI is InChI=1S/C20H33N3O3.HI/c1-16(2)26-19-7-5-17(6-8-19)13-23-20(21-3)22-10-4-11-24-14-18-9-12-25-15-18;/h5-8,16,18H,4,9-15H2,1-3H3,(H2,21,22,23);1H. The predicted octanol–water partition coefficient (Wildman–Crippen LogP) is 3.20. The van der Waals surface area contributed by atoms with Crippen LogP contribution in [0, 0.1) is 5.92 Å². The van der Waals surface area contributed by atoms with E-state index in [4.69, 9.17) is 14.2 Å². The first-order valence-electron chi connectivity index (χ1n) is 9.53. The zero-order valence-electron chi connectivity index (χ0n) is 16.7. The molecule has 1 atom stereocenters. The summed E-state index contributed by atoms with van der Waals surface area (Å²) in [5.74, 6) is 2.28. The summed E-state index contributed by atoms with van der Waals surface area (Å²) in [7, 11) is 1.78. The van der Waals surface area contributed by atoms with Crippen molar-refractivity contribution in [2.75, 3.05) is 40.0 Å². The summed E-state index contributed by atoms with van der Waals surface area (Å²) in [6.45, 7) is 8.91. The van der Waals surface area contributed by atoms with E-state index in [0.717, 1.165) is 64.1 Å². The van der Waals surface area contributed by atoms with Crippen LogP contribution in [0.3, 0.4) is 0 Å². The Hall–Kier alpha value is -1.06. The Morgan fingerprint density at radius 1 is 1.26 bits per heavy atom. The first kappa shape index (κ1) is 24.0. The monoisotopic (exact) mass is 491 g/mol. The van der Waals surface area contributed by atoms with Crippen molar-refractivity contribution in [3.8, 4) is 5.75 Å². The quantitative estimate of drug-likeness (QED) is 0.228. The van der Waals surface area contributed by atoms with Gasteiger partial charge in [-0.15, -0.1) is 24.0 Å². The van der Waals surface area contributed by atoms with Crippen LogP contribution in [0.2, 0.25) is 0 Å². The van der Waals surface area contributed by atoms with Gasteiger partial charge in [0.25, 0.3) is 0 Å². The Balaban J connectivity index is 0.00000364. The molecule has 1 saturated heterocycles. The Morgan fingerprint density at radius 3 is 2.67 bits per heavy atom. The van der Waals surface area contributed by atoms with Crippen LogP contribution in [0.1, 0.15) is 32.3 Å². The van der Waals surface area contributed by atoms with Gasteiger partial charge in [0.2, 0.25) is 0 Å². The van der Waals surface area contributed by atoms with E-state index >= 15 is 0 Å². The Kier molecular flexibility index (Phi) is 12.4. The Labute approximate surface area is 180 Å². The molecule has 0 radical (unpaired) electrons. The molecule has 0 aliphatic carbocycles. The van der Waals surface area contributed by atoms with E-state index in [1.165, 1.54) is 5.56 Å². The summed E-state index contributed by atoms with van der Waals surface area (Å²) in [4.78, 5) is 4.25. The summed E-state index contributed by atoms with van der Waals surface area (Å²) in [6, 6.07) is 8.14. The zero-order valence-corrected chi connectivity index (χ0v) is 19.0. The number of nitrogens with one attached hydrogen (secondary N) is 2. The molecule has 6 nitrogen and oxygen atoms in total. The van der Waals surface area contributed by atoms with Gasteiger partial charge in [0.1, 0.15) is 5.75 Å². The van der Waals surface area contributed by atoms with Gasteiger partial charge in [0.15, 0.2) is 5.96 Å². The van der Waals surface area contributed by atoms with Gasteiger partial charge >= 0.3 is 0 Å². The molecule has 1 aliphatic rings. The zero-order chi connectivity index (χ0) is 18.6. The average molecular weight is 491 g/mol. The van der Waals surface area contributed by atoms with Crippen molar-refractivity contribution in [1.29, 1.82) is 0 Å². The first-order chi connectivity index (χ1) is 12.7. The van der Waals surface area contributed by atoms with Crippen molar-refractivity contribution in [3.05, 3.63) is 29.8 Å². The van der Waals surface area contributed by atoms with Gasteiger partial charge in [-0.25, -0.2) is 0 Å². The SMILES string of the molecule is CN=C(NCCCOCC1CCOC1)NCc1ccc(OC(C)C)cc1.I. The molecule has 0 aromatic heterocycles. The van der Waals surface area contributed by atoms with Crippen molar-refractivity contribution in [2.45, 2.75) is 39.3 Å². The predicted molar refractivity (Wildman–Crippen MR) is 120 cm³/mol. The lowest BCUT2D eigenvalue weighted by Crippen LogP contribution is -2.37. The molecule has 154 valence electrons. The molecule has 1 aromatic rings. The maximum Gasteiger partial charge on any atom is 0.191 e. The third-order valence-electron chi connectivity index (χ3n) is 4.11. The smallest absolute Gasteiger partial charge is 0.191 e. The molecule has 1 unspecified atom stereocenters. The molecule has 0 amide bonds. The number of nitrogens with zero attached hydrogens (tertiary/aromatic N) is 1. The molecular formula is C20H34IN3O3. The molecule has 1 aliphatic heterocycles. The molecule has 1 fully saturated rings.